The number of amides is 1. The van der Waals surface area contributed by atoms with Gasteiger partial charge in [0.05, 0.1) is 5.41 Å². The summed E-state index contributed by atoms with van der Waals surface area (Å²) in [6, 6.07) is 9.47. The molecule has 23 heavy (non-hydrogen) atoms. The Kier molecular flexibility index (Phi) is 4.52. The molecule has 2 fully saturated rings. The third kappa shape index (κ3) is 3.17. The van der Waals surface area contributed by atoms with Gasteiger partial charge in [0.2, 0.25) is 0 Å². The van der Waals surface area contributed by atoms with Crippen LogP contribution in [-0.4, -0.2) is 48.2 Å². The summed E-state index contributed by atoms with van der Waals surface area (Å²) in [5, 5.41) is 13.0. The standard InChI is InChI=1S/C17H22N2O4/c20-15(21)17-7-4-8-18-9-14(17)10-19(12-17)16(22)23-11-13-5-2-1-3-6-13/h1-3,5-6,14,18H,4,7-12H2,(H,20,21)/t14-,17-/m0/s1. The second-order valence-corrected chi connectivity index (χ2v) is 6.39. The minimum atomic E-state index is -0.838. The summed E-state index contributed by atoms with van der Waals surface area (Å²) in [6.07, 6.45) is 0.987. The Morgan fingerprint density at radius 2 is 2.13 bits per heavy atom. The number of carboxylic acids is 1. The maximum Gasteiger partial charge on any atom is 0.410 e. The Bertz CT molecular complexity index is 577. The molecule has 0 unspecified atom stereocenters. The SMILES string of the molecule is O=C(OCc1ccccc1)N1C[C@@H]2CNCCC[C@]2(C(=O)O)C1. The summed E-state index contributed by atoms with van der Waals surface area (Å²) in [4.78, 5) is 25.7. The van der Waals surface area contributed by atoms with Crippen molar-refractivity contribution in [2.24, 2.45) is 11.3 Å². The average molecular weight is 318 g/mol. The van der Waals surface area contributed by atoms with Crippen LogP contribution in [-0.2, 0) is 16.1 Å². The lowest BCUT2D eigenvalue weighted by molar-refractivity contribution is -0.150. The van der Waals surface area contributed by atoms with Crippen LogP contribution in [0.1, 0.15) is 18.4 Å². The second kappa shape index (κ2) is 6.58. The monoisotopic (exact) mass is 318 g/mol. The summed E-state index contributed by atoms with van der Waals surface area (Å²) in [7, 11) is 0. The van der Waals surface area contributed by atoms with Crippen molar-refractivity contribution in [2.75, 3.05) is 26.2 Å². The van der Waals surface area contributed by atoms with Gasteiger partial charge >= 0.3 is 12.1 Å². The molecule has 0 aliphatic carbocycles. The number of likely N-dealkylation sites (tertiary alicyclic amines) is 1. The van der Waals surface area contributed by atoms with Gasteiger partial charge in [-0.2, -0.15) is 0 Å². The van der Waals surface area contributed by atoms with Crippen molar-refractivity contribution in [3.63, 3.8) is 0 Å². The maximum absolute atomic E-state index is 12.3. The highest BCUT2D eigenvalue weighted by Crippen LogP contribution is 2.41. The molecule has 0 spiro atoms. The molecule has 3 rings (SSSR count). The normalized spacial score (nSPS) is 27.1. The van der Waals surface area contributed by atoms with Crippen molar-refractivity contribution in [1.29, 1.82) is 0 Å². The van der Waals surface area contributed by atoms with E-state index in [1.807, 2.05) is 30.3 Å². The molecule has 1 amide bonds. The molecule has 0 aromatic heterocycles. The molecule has 0 bridgehead atoms. The summed E-state index contributed by atoms with van der Waals surface area (Å²) < 4.78 is 5.35. The lowest BCUT2D eigenvalue weighted by Crippen LogP contribution is -2.41. The molecule has 2 saturated heterocycles. The second-order valence-electron chi connectivity index (χ2n) is 6.39. The fraction of sp³-hybridized carbons (Fsp3) is 0.529. The molecule has 1 aromatic rings. The smallest absolute Gasteiger partial charge is 0.410 e. The number of fused-ring (bicyclic) bond motifs is 1. The topological polar surface area (TPSA) is 78.9 Å². The summed E-state index contributed by atoms with van der Waals surface area (Å²) in [5.74, 6) is -0.865. The lowest BCUT2D eigenvalue weighted by atomic mass is 9.75. The number of carbonyl (C=O) groups is 2. The van der Waals surface area contributed by atoms with E-state index in [9.17, 15) is 14.7 Å². The zero-order valence-electron chi connectivity index (χ0n) is 13.0. The number of ether oxygens (including phenoxy) is 1. The predicted octanol–water partition coefficient (Wildman–Crippen LogP) is 1.71. The van der Waals surface area contributed by atoms with Crippen molar-refractivity contribution in [3.05, 3.63) is 35.9 Å². The van der Waals surface area contributed by atoms with Gasteiger partial charge in [-0.1, -0.05) is 30.3 Å². The van der Waals surface area contributed by atoms with E-state index in [0.717, 1.165) is 18.5 Å². The largest absolute Gasteiger partial charge is 0.481 e. The fourth-order valence-corrected chi connectivity index (χ4v) is 3.62. The molecule has 2 N–H and O–H groups in total. The summed E-state index contributed by atoms with van der Waals surface area (Å²) in [5.41, 5.74) is 0.0822. The number of rotatable bonds is 3. The Balaban J connectivity index is 1.65. The van der Waals surface area contributed by atoms with E-state index < -0.39 is 17.5 Å². The van der Waals surface area contributed by atoms with Crippen LogP contribution in [0.3, 0.4) is 0 Å². The van der Waals surface area contributed by atoms with Gasteiger partial charge in [-0.25, -0.2) is 4.79 Å². The Hall–Kier alpha value is -2.08. The third-order valence-corrected chi connectivity index (χ3v) is 4.95. The highest BCUT2D eigenvalue weighted by atomic mass is 16.6. The molecular weight excluding hydrogens is 296 g/mol. The molecule has 6 nitrogen and oxygen atoms in total. The molecule has 0 saturated carbocycles. The number of carboxylic acid groups (broad SMARTS) is 1. The number of aliphatic carboxylic acids is 1. The molecule has 2 atom stereocenters. The van der Waals surface area contributed by atoms with Crippen LogP contribution in [0.2, 0.25) is 0 Å². The van der Waals surface area contributed by atoms with Crippen LogP contribution >= 0.6 is 0 Å². The van der Waals surface area contributed by atoms with Gasteiger partial charge in [-0.3, -0.25) is 4.79 Å². The number of carbonyl (C=O) groups excluding carboxylic acids is 1. The van der Waals surface area contributed by atoms with E-state index in [-0.39, 0.29) is 19.1 Å². The Labute approximate surface area is 135 Å². The Morgan fingerprint density at radius 1 is 1.35 bits per heavy atom. The van der Waals surface area contributed by atoms with Crippen LogP contribution in [0.4, 0.5) is 4.79 Å². The number of benzene rings is 1. The van der Waals surface area contributed by atoms with Crippen LogP contribution < -0.4 is 5.32 Å². The van der Waals surface area contributed by atoms with Crippen LogP contribution in [0.25, 0.3) is 0 Å². The molecule has 2 heterocycles. The first-order valence-corrected chi connectivity index (χ1v) is 8.01. The van der Waals surface area contributed by atoms with Gasteiger partial charge in [0.25, 0.3) is 0 Å². The predicted molar refractivity (Wildman–Crippen MR) is 83.9 cm³/mol. The summed E-state index contributed by atoms with van der Waals surface area (Å²) >= 11 is 0. The van der Waals surface area contributed by atoms with Crippen molar-refractivity contribution in [3.8, 4) is 0 Å². The van der Waals surface area contributed by atoms with E-state index >= 15 is 0 Å². The van der Waals surface area contributed by atoms with E-state index in [4.69, 9.17) is 4.74 Å². The molecule has 2 aliphatic heterocycles. The molecule has 2 aliphatic rings. The lowest BCUT2D eigenvalue weighted by Gasteiger charge is -2.27. The quantitative estimate of drug-likeness (QED) is 0.887. The van der Waals surface area contributed by atoms with Crippen molar-refractivity contribution in [2.45, 2.75) is 19.4 Å². The molecular formula is C17H22N2O4. The minimum absolute atomic E-state index is 0.0632. The first-order chi connectivity index (χ1) is 11.1. The van der Waals surface area contributed by atoms with E-state index in [1.165, 1.54) is 0 Å². The van der Waals surface area contributed by atoms with Crippen LogP contribution in [0.15, 0.2) is 30.3 Å². The van der Waals surface area contributed by atoms with Gasteiger partial charge in [-0.15, -0.1) is 0 Å². The maximum atomic E-state index is 12.3. The van der Waals surface area contributed by atoms with Crippen molar-refractivity contribution < 1.29 is 19.4 Å². The van der Waals surface area contributed by atoms with Gasteiger partial charge < -0.3 is 20.1 Å². The highest BCUT2D eigenvalue weighted by Gasteiger charge is 2.53. The van der Waals surface area contributed by atoms with Crippen LogP contribution in [0, 0.1) is 11.3 Å². The molecule has 6 heteroatoms. The molecule has 1 aromatic carbocycles. The number of nitrogens with one attached hydrogen (secondary N) is 1. The van der Waals surface area contributed by atoms with Gasteiger partial charge in [0.15, 0.2) is 0 Å². The van der Waals surface area contributed by atoms with E-state index in [0.29, 0.717) is 19.5 Å². The van der Waals surface area contributed by atoms with Gasteiger partial charge in [0.1, 0.15) is 6.61 Å². The van der Waals surface area contributed by atoms with Crippen molar-refractivity contribution in [1.82, 2.24) is 10.2 Å². The Morgan fingerprint density at radius 3 is 2.87 bits per heavy atom. The van der Waals surface area contributed by atoms with Crippen LogP contribution in [0.5, 0.6) is 0 Å². The van der Waals surface area contributed by atoms with Gasteiger partial charge in [-0.05, 0) is 24.9 Å². The number of hydrogen-bond donors (Lipinski definition) is 2. The van der Waals surface area contributed by atoms with E-state index in [2.05, 4.69) is 5.32 Å². The van der Waals surface area contributed by atoms with Gasteiger partial charge in [0, 0.05) is 25.6 Å². The number of nitrogens with zero attached hydrogens (tertiary/aromatic N) is 1. The first kappa shape index (κ1) is 15.8. The zero-order chi connectivity index (χ0) is 16.3. The first-order valence-electron chi connectivity index (χ1n) is 8.01. The highest BCUT2D eigenvalue weighted by molar-refractivity contribution is 5.78. The third-order valence-electron chi connectivity index (χ3n) is 4.95. The molecule has 0 radical (unpaired) electrons. The fourth-order valence-electron chi connectivity index (χ4n) is 3.62. The minimum Gasteiger partial charge on any atom is -0.481 e. The van der Waals surface area contributed by atoms with E-state index in [1.54, 1.807) is 4.90 Å². The zero-order valence-corrected chi connectivity index (χ0v) is 13.0. The number of hydrogen-bond acceptors (Lipinski definition) is 4. The van der Waals surface area contributed by atoms with Crippen molar-refractivity contribution >= 4 is 12.1 Å². The molecule has 124 valence electrons. The summed E-state index contributed by atoms with van der Waals surface area (Å²) in [6.45, 7) is 2.35. The average Bonchev–Trinajstić information content (AvgIpc) is 2.82.